The summed E-state index contributed by atoms with van der Waals surface area (Å²) in [5.74, 6) is 0. The van der Waals surface area contributed by atoms with E-state index in [1.54, 1.807) is 4.90 Å². The zero-order chi connectivity index (χ0) is 11.3. The van der Waals surface area contributed by atoms with Crippen molar-refractivity contribution in [3.05, 3.63) is 0 Å². The Bertz CT molecular complexity index is 201. The van der Waals surface area contributed by atoms with Crippen molar-refractivity contribution in [3.8, 4) is 0 Å². The molecule has 1 unspecified atom stereocenters. The predicted molar refractivity (Wildman–Crippen MR) is 59.9 cm³/mol. The lowest BCUT2D eigenvalue weighted by Gasteiger charge is -2.31. The summed E-state index contributed by atoms with van der Waals surface area (Å²) in [6.45, 7) is 5.56. The third-order valence-corrected chi connectivity index (χ3v) is 3.04. The highest BCUT2D eigenvalue weighted by Crippen LogP contribution is 2.12. The quantitative estimate of drug-likeness (QED) is 0.776. The summed E-state index contributed by atoms with van der Waals surface area (Å²) < 4.78 is 5.27. The highest BCUT2D eigenvalue weighted by molar-refractivity contribution is 5.67. The van der Waals surface area contributed by atoms with Gasteiger partial charge < -0.3 is 15.0 Å². The molecule has 4 heteroatoms. The van der Waals surface area contributed by atoms with Crippen LogP contribution in [0.15, 0.2) is 0 Å². The number of nitrogens with zero attached hydrogens (tertiary/aromatic N) is 1. The Kier molecular flexibility index (Phi) is 4.88. The van der Waals surface area contributed by atoms with E-state index in [2.05, 4.69) is 5.32 Å². The van der Waals surface area contributed by atoms with Gasteiger partial charge in [0.25, 0.3) is 0 Å². The summed E-state index contributed by atoms with van der Waals surface area (Å²) in [6.07, 6.45) is 2.79. The number of amides is 1. The molecular formula is C11H22N2O2. The highest BCUT2D eigenvalue weighted by atomic mass is 16.6. The zero-order valence-electron chi connectivity index (χ0n) is 9.95. The lowest BCUT2D eigenvalue weighted by atomic mass is 10.1. The topological polar surface area (TPSA) is 41.6 Å². The Morgan fingerprint density at radius 2 is 2.13 bits per heavy atom. The first-order chi connectivity index (χ1) is 7.17. The fourth-order valence-electron chi connectivity index (χ4n) is 1.68. The molecule has 0 aromatic heterocycles. The maximum atomic E-state index is 11.6. The number of nitrogens with one attached hydrogen (secondary N) is 1. The molecule has 1 aliphatic rings. The van der Waals surface area contributed by atoms with Gasteiger partial charge in [0, 0.05) is 19.1 Å². The molecule has 1 rings (SSSR count). The molecule has 15 heavy (non-hydrogen) atoms. The Hall–Kier alpha value is -0.770. The van der Waals surface area contributed by atoms with Gasteiger partial charge in [0.15, 0.2) is 0 Å². The first kappa shape index (κ1) is 12.3. The van der Waals surface area contributed by atoms with Gasteiger partial charge in [-0.25, -0.2) is 4.79 Å². The SMILES string of the molecule is CCC(C)OC(=O)N1CCC(NC)CC1. The summed E-state index contributed by atoms with van der Waals surface area (Å²) in [7, 11) is 1.97. The number of carbonyl (C=O) groups is 1. The van der Waals surface area contributed by atoms with Crippen molar-refractivity contribution in [3.63, 3.8) is 0 Å². The van der Waals surface area contributed by atoms with Gasteiger partial charge >= 0.3 is 6.09 Å². The molecule has 1 heterocycles. The number of hydrogen-bond donors (Lipinski definition) is 1. The molecule has 1 saturated heterocycles. The number of ether oxygens (including phenoxy) is 1. The number of likely N-dealkylation sites (tertiary alicyclic amines) is 1. The molecular weight excluding hydrogens is 192 g/mol. The summed E-state index contributed by atoms with van der Waals surface area (Å²) in [6, 6.07) is 0.553. The van der Waals surface area contributed by atoms with Gasteiger partial charge in [-0.15, -0.1) is 0 Å². The van der Waals surface area contributed by atoms with Gasteiger partial charge in [-0.2, -0.15) is 0 Å². The van der Waals surface area contributed by atoms with Crippen molar-refractivity contribution in [1.29, 1.82) is 0 Å². The van der Waals surface area contributed by atoms with Gasteiger partial charge in [0.05, 0.1) is 0 Å². The third kappa shape index (κ3) is 3.70. The lowest BCUT2D eigenvalue weighted by molar-refractivity contribution is 0.0606. The molecule has 1 aliphatic heterocycles. The van der Waals surface area contributed by atoms with E-state index in [4.69, 9.17) is 4.74 Å². The minimum absolute atomic E-state index is 0.0273. The summed E-state index contributed by atoms with van der Waals surface area (Å²) in [5.41, 5.74) is 0. The van der Waals surface area contributed by atoms with E-state index in [0.717, 1.165) is 32.4 Å². The fourth-order valence-corrected chi connectivity index (χ4v) is 1.68. The molecule has 0 bridgehead atoms. The smallest absolute Gasteiger partial charge is 0.410 e. The molecule has 0 spiro atoms. The molecule has 0 radical (unpaired) electrons. The van der Waals surface area contributed by atoms with E-state index < -0.39 is 0 Å². The second-order valence-electron chi connectivity index (χ2n) is 4.15. The monoisotopic (exact) mass is 214 g/mol. The van der Waals surface area contributed by atoms with Crippen LogP contribution in [0.5, 0.6) is 0 Å². The second-order valence-corrected chi connectivity index (χ2v) is 4.15. The number of hydrogen-bond acceptors (Lipinski definition) is 3. The van der Waals surface area contributed by atoms with E-state index in [1.165, 1.54) is 0 Å². The average Bonchev–Trinajstić information content (AvgIpc) is 2.29. The highest BCUT2D eigenvalue weighted by Gasteiger charge is 2.23. The van der Waals surface area contributed by atoms with E-state index in [9.17, 15) is 4.79 Å². The van der Waals surface area contributed by atoms with Crippen LogP contribution in [0.3, 0.4) is 0 Å². The molecule has 1 atom stereocenters. The van der Waals surface area contributed by atoms with Crippen LogP contribution >= 0.6 is 0 Å². The Balaban J connectivity index is 2.30. The first-order valence-electron chi connectivity index (χ1n) is 5.80. The predicted octanol–water partition coefficient (Wildman–Crippen LogP) is 1.61. The molecule has 1 fully saturated rings. The number of rotatable bonds is 3. The first-order valence-corrected chi connectivity index (χ1v) is 5.80. The molecule has 0 aromatic rings. The van der Waals surface area contributed by atoms with Crippen molar-refractivity contribution in [2.75, 3.05) is 20.1 Å². The van der Waals surface area contributed by atoms with Gasteiger partial charge in [0.1, 0.15) is 6.10 Å². The molecule has 1 amide bonds. The van der Waals surface area contributed by atoms with Crippen LogP contribution in [0.2, 0.25) is 0 Å². The normalized spacial score (nSPS) is 20.1. The molecule has 4 nitrogen and oxygen atoms in total. The standard InChI is InChI=1S/C11H22N2O2/c1-4-9(2)15-11(14)13-7-5-10(12-3)6-8-13/h9-10,12H,4-8H2,1-3H3. The lowest BCUT2D eigenvalue weighted by Crippen LogP contribution is -2.44. The van der Waals surface area contributed by atoms with Gasteiger partial charge in [-0.05, 0) is 33.2 Å². The molecule has 0 aliphatic carbocycles. The minimum atomic E-state index is -0.154. The van der Waals surface area contributed by atoms with E-state index in [1.807, 2.05) is 20.9 Å². The largest absolute Gasteiger partial charge is 0.446 e. The van der Waals surface area contributed by atoms with Crippen LogP contribution in [0.4, 0.5) is 4.79 Å². The van der Waals surface area contributed by atoms with Crippen LogP contribution in [0, 0.1) is 0 Å². The molecule has 0 saturated carbocycles. The van der Waals surface area contributed by atoms with Crippen molar-refractivity contribution in [2.24, 2.45) is 0 Å². The number of piperidine rings is 1. The average molecular weight is 214 g/mol. The summed E-state index contributed by atoms with van der Waals surface area (Å²) >= 11 is 0. The van der Waals surface area contributed by atoms with Crippen molar-refractivity contribution in [2.45, 2.75) is 45.3 Å². The number of carbonyl (C=O) groups excluding carboxylic acids is 1. The van der Waals surface area contributed by atoms with Crippen molar-refractivity contribution < 1.29 is 9.53 Å². The van der Waals surface area contributed by atoms with Crippen molar-refractivity contribution in [1.82, 2.24) is 10.2 Å². The van der Waals surface area contributed by atoms with Gasteiger partial charge in [-0.3, -0.25) is 0 Å². The molecule has 0 aromatic carbocycles. The van der Waals surface area contributed by atoms with E-state index in [0.29, 0.717) is 6.04 Å². The van der Waals surface area contributed by atoms with Gasteiger partial charge in [0.2, 0.25) is 0 Å². The minimum Gasteiger partial charge on any atom is -0.446 e. The van der Waals surface area contributed by atoms with Gasteiger partial charge in [-0.1, -0.05) is 6.92 Å². The Labute approximate surface area is 92.0 Å². The zero-order valence-corrected chi connectivity index (χ0v) is 9.95. The maximum Gasteiger partial charge on any atom is 0.410 e. The Morgan fingerprint density at radius 3 is 2.60 bits per heavy atom. The molecule has 88 valence electrons. The maximum absolute atomic E-state index is 11.6. The fraction of sp³-hybridized carbons (Fsp3) is 0.909. The van der Waals surface area contributed by atoms with Crippen LogP contribution in [-0.4, -0.2) is 43.3 Å². The van der Waals surface area contributed by atoms with Crippen LogP contribution in [-0.2, 0) is 4.74 Å². The van der Waals surface area contributed by atoms with E-state index in [-0.39, 0.29) is 12.2 Å². The van der Waals surface area contributed by atoms with E-state index >= 15 is 0 Å². The molecule has 1 N–H and O–H groups in total. The third-order valence-electron chi connectivity index (χ3n) is 3.04. The summed E-state index contributed by atoms with van der Waals surface area (Å²) in [5, 5.41) is 3.24. The van der Waals surface area contributed by atoms with Crippen LogP contribution < -0.4 is 5.32 Å². The van der Waals surface area contributed by atoms with Crippen LogP contribution in [0.1, 0.15) is 33.1 Å². The van der Waals surface area contributed by atoms with Crippen molar-refractivity contribution >= 4 is 6.09 Å². The second kappa shape index (κ2) is 5.95. The van der Waals surface area contributed by atoms with Crippen LogP contribution in [0.25, 0.3) is 0 Å². The summed E-state index contributed by atoms with van der Waals surface area (Å²) in [4.78, 5) is 13.5. The Morgan fingerprint density at radius 1 is 1.53 bits per heavy atom.